The van der Waals surface area contributed by atoms with Gasteiger partial charge in [0.15, 0.2) is 6.04 Å². The third-order valence-corrected chi connectivity index (χ3v) is 5.25. The molecule has 1 aliphatic rings. The minimum Gasteiger partial charge on any atom is -0.467 e. The molecule has 0 saturated heterocycles. The van der Waals surface area contributed by atoms with Crippen LogP contribution in [-0.4, -0.2) is 65.4 Å². The number of aromatic nitrogens is 2. The van der Waals surface area contributed by atoms with Crippen LogP contribution in [0.1, 0.15) is 38.2 Å². The predicted molar refractivity (Wildman–Crippen MR) is 86.8 cm³/mol. The molecule has 11 heteroatoms. The Morgan fingerprint density at radius 3 is 2.40 bits per heavy atom. The normalized spacial score (nSPS) is 17.6. The highest BCUT2D eigenvalue weighted by Gasteiger charge is 2.45. The standard InChI is InChI=1S/C14H22N4O6S/c1-14(2,3)24-13(20)17-7-9-10(11(17)12(19)23-6)15-8-18(9)25(21,22)16(4)5/h8,11H,7H2,1-6H3. The molecule has 2 heterocycles. The Morgan fingerprint density at radius 2 is 1.92 bits per heavy atom. The lowest BCUT2D eigenvalue weighted by Crippen LogP contribution is -2.39. The van der Waals surface area contributed by atoms with Gasteiger partial charge in [-0.05, 0) is 20.8 Å². The second-order valence-electron chi connectivity index (χ2n) is 6.70. The first-order valence-electron chi connectivity index (χ1n) is 7.46. The molecule has 140 valence electrons. The molecule has 10 nitrogen and oxygen atoms in total. The molecule has 0 radical (unpaired) electrons. The van der Waals surface area contributed by atoms with Gasteiger partial charge < -0.3 is 9.47 Å². The molecule has 0 fully saturated rings. The zero-order chi connectivity index (χ0) is 19.2. The van der Waals surface area contributed by atoms with E-state index < -0.39 is 33.9 Å². The lowest BCUT2D eigenvalue weighted by atomic mass is 10.2. The second-order valence-corrected chi connectivity index (χ2v) is 8.72. The molecular formula is C14H22N4O6S. The monoisotopic (exact) mass is 374 g/mol. The van der Waals surface area contributed by atoms with Crippen LogP contribution in [0, 0.1) is 0 Å². The van der Waals surface area contributed by atoms with Gasteiger partial charge in [0.25, 0.3) is 0 Å². The number of carbonyl (C=O) groups excluding carboxylic acids is 2. The van der Waals surface area contributed by atoms with Crippen molar-refractivity contribution >= 4 is 22.3 Å². The van der Waals surface area contributed by atoms with E-state index in [4.69, 9.17) is 9.47 Å². The number of hydrogen-bond acceptors (Lipinski definition) is 7. The van der Waals surface area contributed by atoms with Gasteiger partial charge in [0.2, 0.25) is 0 Å². The zero-order valence-electron chi connectivity index (χ0n) is 15.0. The highest BCUT2D eigenvalue weighted by molar-refractivity contribution is 7.87. The lowest BCUT2D eigenvalue weighted by Gasteiger charge is -2.27. The van der Waals surface area contributed by atoms with Crippen LogP contribution in [0.25, 0.3) is 0 Å². The van der Waals surface area contributed by atoms with Crippen LogP contribution in [0.3, 0.4) is 0 Å². The first-order chi connectivity index (χ1) is 11.4. The van der Waals surface area contributed by atoms with Gasteiger partial charge in [-0.15, -0.1) is 0 Å². The Bertz CT molecular complexity index is 793. The Labute approximate surface area is 146 Å². The fourth-order valence-electron chi connectivity index (χ4n) is 2.37. The number of nitrogens with zero attached hydrogens (tertiary/aromatic N) is 4. The number of ether oxygens (including phenoxy) is 2. The van der Waals surface area contributed by atoms with Crippen molar-refractivity contribution in [1.82, 2.24) is 18.2 Å². The maximum atomic E-state index is 12.5. The van der Waals surface area contributed by atoms with E-state index in [0.29, 0.717) is 0 Å². The van der Waals surface area contributed by atoms with Crippen LogP contribution in [0.5, 0.6) is 0 Å². The number of imidazole rings is 1. The van der Waals surface area contributed by atoms with Gasteiger partial charge in [0.05, 0.1) is 25.0 Å². The van der Waals surface area contributed by atoms with Crippen molar-refractivity contribution in [2.45, 2.75) is 39.0 Å². The molecule has 1 aromatic heterocycles. The van der Waals surface area contributed by atoms with Gasteiger partial charge in [-0.2, -0.15) is 12.7 Å². The topological polar surface area (TPSA) is 111 Å². The summed E-state index contributed by atoms with van der Waals surface area (Å²) in [5.41, 5.74) is -0.401. The summed E-state index contributed by atoms with van der Waals surface area (Å²) in [6.45, 7) is 4.93. The third-order valence-electron chi connectivity index (χ3n) is 3.52. The van der Waals surface area contributed by atoms with E-state index in [1.165, 1.54) is 21.2 Å². The number of hydrogen-bond donors (Lipinski definition) is 0. The number of rotatable bonds is 3. The number of amides is 1. The quantitative estimate of drug-likeness (QED) is 0.708. The Hall–Kier alpha value is -2.14. The predicted octanol–water partition coefficient (Wildman–Crippen LogP) is 0.502. The molecule has 0 aliphatic carbocycles. The van der Waals surface area contributed by atoms with Crippen LogP contribution >= 0.6 is 0 Å². The molecule has 0 spiro atoms. The summed E-state index contributed by atoms with van der Waals surface area (Å²) in [6.07, 6.45) is 0.359. The average Bonchev–Trinajstić information content (AvgIpc) is 3.02. The van der Waals surface area contributed by atoms with Crippen molar-refractivity contribution in [3.63, 3.8) is 0 Å². The molecule has 1 aromatic rings. The molecule has 0 bridgehead atoms. The largest absolute Gasteiger partial charge is 0.467 e. The molecule has 2 rings (SSSR count). The molecule has 1 unspecified atom stereocenters. The summed E-state index contributed by atoms with van der Waals surface area (Å²) in [7, 11) is 0.0896. The lowest BCUT2D eigenvalue weighted by molar-refractivity contribution is -0.146. The van der Waals surface area contributed by atoms with E-state index in [0.717, 1.165) is 19.5 Å². The summed E-state index contributed by atoms with van der Waals surface area (Å²) in [5, 5.41) is 0. The van der Waals surface area contributed by atoms with Gasteiger partial charge in [0.1, 0.15) is 11.9 Å². The Balaban J connectivity index is 2.48. The smallest absolute Gasteiger partial charge is 0.411 e. The summed E-state index contributed by atoms with van der Waals surface area (Å²) >= 11 is 0. The first-order valence-corrected chi connectivity index (χ1v) is 8.86. The Kier molecular flexibility index (Phi) is 4.83. The fraction of sp³-hybridized carbons (Fsp3) is 0.643. The number of methoxy groups -OCH3 is 1. The van der Waals surface area contributed by atoms with Crippen LogP contribution in [0.2, 0.25) is 0 Å². The van der Waals surface area contributed by atoms with Gasteiger partial charge in [-0.3, -0.25) is 4.90 Å². The zero-order valence-corrected chi connectivity index (χ0v) is 15.8. The minimum atomic E-state index is -3.84. The third kappa shape index (κ3) is 3.47. The van der Waals surface area contributed by atoms with Crippen molar-refractivity contribution in [2.24, 2.45) is 0 Å². The van der Waals surface area contributed by atoms with Crippen LogP contribution in [-0.2, 0) is 31.0 Å². The van der Waals surface area contributed by atoms with Crippen LogP contribution in [0.4, 0.5) is 4.79 Å². The highest BCUT2D eigenvalue weighted by atomic mass is 32.2. The SMILES string of the molecule is COC(=O)C1c2ncn(S(=O)(=O)N(C)C)c2CN1C(=O)OC(C)(C)C. The summed E-state index contributed by atoms with van der Waals surface area (Å²) in [4.78, 5) is 29.8. The van der Waals surface area contributed by atoms with Crippen molar-refractivity contribution in [1.29, 1.82) is 0 Å². The van der Waals surface area contributed by atoms with Crippen molar-refractivity contribution in [3.05, 3.63) is 17.7 Å². The van der Waals surface area contributed by atoms with Crippen LogP contribution in [0.15, 0.2) is 6.33 Å². The van der Waals surface area contributed by atoms with Crippen molar-refractivity contribution in [2.75, 3.05) is 21.2 Å². The molecule has 1 amide bonds. The van der Waals surface area contributed by atoms with Gasteiger partial charge in [-0.25, -0.2) is 18.5 Å². The highest BCUT2D eigenvalue weighted by Crippen LogP contribution is 2.35. The first kappa shape index (κ1) is 19.2. The van der Waals surface area contributed by atoms with Crippen LogP contribution < -0.4 is 0 Å². The summed E-state index contributed by atoms with van der Waals surface area (Å²) in [5.74, 6) is -0.725. The number of fused-ring (bicyclic) bond motifs is 1. The van der Waals surface area contributed by atoms with Crippen molar-refractivity contribution < 1.29 is 27.5 Å². The number of esters is 1. The molecular weight excluding hydrogens is 352 g/mol. The van der Waals surface area contributed by atoms with Crippen molar-refractivity contribution in [3.8, 4) is 0 Å². The average molecular weight is 374 g/mol. The van der Waals surface area contributed by atoms with E-state index in [2.05, 4.69) is 4.98 Å². The molecule has 0 saturated carbocycles. The summed E-state index contributed by atoms with van der Waals surface area (Å²) in [6, 6.07) is -1.16. The molecule has 1 aliphatic heterocycles. The molecule has 0 aromatic carbocycles. The van der Waals surface area contributed by atoms with Gasteiger partial charge in [0, 0.05) is 14.1 Å². The maximum Gasteiger partial charge on any atom is 0.411 e. The molecule has 25 heavy (non-hydrogen) atoms. The van der Waals surface area contributed by atoms with E-state index in [1.807, 2.05) is 0 Å². The minimum absolute atomic E-state index is 0.142. The maximum absolute atomic E-state index is 12.5. The fourth-order valence-corrected chi connectivity index (χ4v) is 3.31. The summed E-state index contributed by atoms with van der Waals surface area (Å²) < 4.78 is 36.8. The second kappa shape index (κ2) is 6.30. The van der Waals surface area contributed by atoms with E-state index in [1.54, 1.807) is 20.8 Å². The van der Waals surface area contributed by atoms with Gasteiger partial charge >= 0.3 is 22.3 Å². The van der Waals surface area contributed by atoms with E-state index >= 15 is 0 Å². The van der Waals surface area contributed by atoms with E-state index in [-0.39, 0.29) is 17.9 Å². The molecule has 1 atom stereocenters. The molecule has 0 N–H and O–H groups in total. The Morgan fingerprint density at radius 1 is 1.32 bits per heavy atom. The van der Waals surface area contributed by atoms with E-state index in [9.17, 15) is 18.0 Å². The number of carbonyl (C=O) groups is 2. The van der Waals surface area contributed by atoms with Gasteiger partial charge in [-0.1, -0.05) is 0 Å².